The first-order valence-corrected chi connectivity index (χ1v) is 8.60. The molecule has 1 aromatic heterocycles. The quantitative estimate of drug-likeness (QED) is 0.747. The van der Waals surface area contributed by atoms with E-state index in [1.165, 1.54) is 12.8 Å². The molecule has 0 aliphatic heterocycles. The molecular weight excluding hydrogens is 296 g/mol. The fourth-order valence-corrected chi connectivity index (χ4v) is 4.04. The van der Waals surface area contributed by atoms with Crippen LogP contribution < -0.4 is 11.2 Å². The highest BCUT2D eigenvalue weighted by molar-refractivity contribution is 7.99. The molecule has 3 rings (SSSR count). The summed E-state index contributed by atoms with van der Waals surface area (Å²) in [5.74, 6) is 1.14. The minimum Gasteiger partial charge on any atom is -0.384 e. The van der Waals surface area contributed by atoms with Crippen molar-refractivity contribution in [2.45, 2.75) is 30.4 Å². The van der Waals surface area contributed by atoms with Crippen molar-refractivity contribution in [1.29, 1.82) is 0 Å². The fourth-order valence-electron chi connectivity index (χ4n) is 3.03. The van der Waals surface area contributed by atoms with Gasteiger partial charge in [-0.2, -0.15) is 11.8 Å². The third-order valence-electron chi connectivity index (χ3n) is 4.29. The molecule has 0 amide bonds. The van der Waals surface area contributed by atoms with Gasteiger partial charge >= 0.3 is 0 Å². The molecule has 1 heterocycles. The summed E-state index contributed by atoms with van der Waals surface area (Å²) in [5, 5.41) is 8.89. The number of aromatic nitrogens is 2. The van der Waals surface area contributed by atoms with Crippen LogP contribution in [-0.2, 0) is 4.75 Å². The van der Waals surface area contributed by atoms with Crippen molar-refractivity contribution in [3.8, 4) is 11.4 Å². The fraction of sp³-hybridized carbons (Fsp3) is 0.375. The predicted molar refractivity (Wildman–Crippen MR) is 91.0 cm³/mol. The highest BCUT2D eigenvalue weighted by atomic mass is 32.2. The molecule has 1 aromatic carbocycles. The van der Waals surface area contributed by atoms with Crippen LogP contribution in [0.1, 0.15) is 31.4 Å². The first kappa shape index (κ1) is 15.1. The summed E-state index contributed by atoms with van der Waals surface area (Å²) in [6.07, 6.45) is 6.88. The van der Waals surface area contributed by atoms with Crippen LogP contribution in [0.3, 0.4) is 0 Å². The Hall–Kier alpha value is -1.79. The lowest BCUT2D eigenvalue weighted by Crippen LogP contribution is -2.19. The number of hydrogen-bond donors (Lipinski definition) is 3. The van der Waals surface area contributed by atoms with Crippen LogP contribution in [0.4, 0.5) is 11.5 Å². The van der Waals surface area contributed by atoms with E-state index in [1.807, 2.05) is 30.0 Å². The third-order valence-corrected chi connectivity index (χ3v) is 5.69. The minimum absolute atomic E-state index is 0.0679. The topological polar surface area (TPSA) is 84.1 Å². The summed E-state index contributed by atoms with van der Waals surface area (Å²) in [5.41, 5.74) is 10.7. The largest absolute Gasteiger partial charge is 0.384 e. The van der Waals surface area contributed by atoms with E-state index in [0.29, 0.717) is 17.3 Å². The average Bonchev–Trinajstić information content (AvgIpc) is 3.05. The minimum atomic E-state index is 0.0679. The first-order valence-electron chi connectivity index (χ1n) is 7.37. The summed E-state index contributed by atoms with van der Waals surface area (Å²) >= 11 is 1.86. The highest BCUT2D eigenvalue weighted by Crippen LogP contribution is 2.48. The van der Waals surface area contributed by atoms with Gasteiger partial charge in [-0.25, -0.2) is 9.97 Å². The zero-order valence-electron chi connectivity index (χ0n) is 12.5. The Balaban J connectivity index is 2.02. The number of nitrogen functional groups attached to an aromatic ring is 1. The molecular formula is C16H20N4OS. The van der Waals surface area contributed by atoms with E-state index >= 15 is 0 Å². The van der Waals surface area contributed by atoms with E-state index in [1.54, 1.807) is 12.1 Å². The smallest absolute Gasteiger partial charge is 0.161 e. The number of nitrogens with two attached hydrogens (primary N) is 1. The number of anilines is 2. The third kappa shape index (κ3) is 2.76. The lowest BCUT2D eigenvalue weighted by atomic mass is 10.0. The molecule has 1 aliphatic carbocycles. The van der Waals surface area contributed by atoms with E-state index in [-0.39, 0.29) is 4.75 Å². The summed E-state index contributed by atoms with van der Waals surface area (Å²) in [6, 6.07) is 9.22. The van der Waals surface area contributed by atoms with Crippen LogP contribution in [-0.4, -0.2) is 21.4 Å². The Kier molecular flexibility index (Phi) is 4.22. The van der Waals surface area contributed by atoms with Crippen LogP contribution in [0.15, 0.2) is 30.3 Å². The van der Waals surface area contributed by atoms with E-state index in [2.05, 4.69) is 16.7 Å². The van der Waals surface area contributed by atoms with Crippen molar-refractivity contribution >= 4 is 23.3 Å². The zero-order chi connectivity index (χ0) is 15.6. The zero-order valence-corrected chi connectivity index (χ0v) is 13.4. The summed E-state index contributed by atoms with van der Waals surface area (Å²) < 4.78 is 0.0679. The molecule has 2 aromatic rings. The van der Waals surface area contributed by atoms with Crippen LogP contribution >= 0.6 is 11.8 Å². The van der Waals surface area contributed by atoms with E-state index < -0.39 is 0 Å². The van der Waals surface area contributed by atoms with Gasteiger partial charge in [-0.3, -0.25) is 10.7 Å². The van der Waals surface area contributed by atoms with Gasteiger partial charge in [0.1, 0.15) is 5.82 Å². The Bertz CT molecular complexity index is 654. The second kappa shape index (κ2) is 6.14. The van der Waals surface area contributed by atoms with Crippen LogP contribution in [0.5, 0.6) is 0 Å². The predicted octanol–water partition coefficient (Wildman–Crippen LogP) is 3.66. The van der Waals surface area contributed by atoms with E-state index in [9.17, 15) is 0 Å². The summed E-state index contributed by atoms with van der Waals surface area (Å²) in [7, 11) is 0. The molecule has 0 bridgehead atoms. The summed E-state index contributed by atoms with van der Waals surface area (Å²) in [6.45, 7) is 0. The molecule has 0 spiro atoms. The second-order valence-corrected chi connectivity index (χ2v) is 6.79. The Morgan fingerprint density at radius 2 is 1.86 bits per heavy atom. The maximum Gasteiger partial charge on any atom is 0.161 e. The molecule has 22 heavy (non-hydrogen) atoms. The van der Waals surface area contributed by atoms with Crippen LogP contribution in [0.25, 0.3) is 11.4 Å². The van der Waals surface area contributed by atoms with Crippen LogP contribution in [0, 0.1) is 0 Å². The molecule has 0 atom stereocenters. The monoisotopic (exact) mass is 316 g/mol. The Morgan fingerprint density at radius 1 is 1.18 bits per heavy atom. The molecule has 1 fully saturated rings. The van der Waals surface area contributed by atoms with Gasteiger partial charge in [-0.05, 0) is 43.4 Å². The van der Waals surface area contributed by atoms with Crippen molar-refractivity contribution in [3.63, 3.8) is 0 Å². The van der Waals surface area contributed by atoms with Gasteiger partial charge in [0.15, 0.2) is 5.82 Å². The van der Waals surface area contributed by atoms with Gasteiger partial charge in [-0.1, -0.05) is 12.8 Å². The number of rotatable bonds is 4. The number of benzene rings is 1. The highest BCUT2D eigenvalue weighted by Gasteiger charge is 2.36. The van der Waals surface area contributed by atoms with Gasteiger partial charge < -0.3 is 5.73 Å². The normalized spacial score (nSPS) is 16.6. The molecule has 4 N–H and O–H groups in total. The van der Waals surface area contributed by atoms with E-state index in [0.717, 1.165) is 24.1 Å². The number of hydrogen-bond acceptors (Lipinski definition) is 6. The maximum absolute atomic E-state index is 8.89. The summed E-state index contributed by atoms with van der Waals surface area (Å²) in [4.78, 5) is 9.16. The van der Waals surface area contributed by atoms with Crippen LogP contribution in [0.2, 0.25) is 0 Å². The van der Waals surface area contributed by atoms with Gasteiger partial charge in [-0.15, -0.1) is 0 Å². The van der Waals surface area contributed by atoms with Crippen molar-refractivity contribution in [1.82, 2.24) is 9.97 Å². The lowest BCUT2D eigenvalue weighted by Gasteiger charge is -2.26. The lowest BCUT2D eigenvalue weighted by molar-refractivity contribution is 0.389. The van der Waals surface area contributed by atoms with Crippen molar-refractivity contribution in [3.05, 3.63) is 36.0 Å². The van der Waals surface area contributed by atoms with Gasteiger partial charge in [0.25, 0.3) is 0 Å². The first-order chi connectivity index (χ1) is 10.7. The molecule has 116 valence electrons. The SMILES string of the molecule is CSC1(c2cc(N)nc(-c3ccc(NO)cc3)n2)CCCC1. The Labute approximate surface area is 134 Å². The average molecular weight is 316 g/mol. The van der Waals surface area contributed by atoms with Crippen molar-refractivity contribution in [2.24, 2.45) is 0 Å². The Morgan fingerprint density at radius 3 is 2.45 bits per heavy atom. The van der Waals surface area contributed by atoms with Crippen molar-refractivity contribution in [2.75, 3.05) is 17.5 Å². The van der Waals surface area contributed by atoms with Gasteiger partial charge in [0, 0.05) is 11.6 Å². The molecule has 0 unspecified atom stereocenters. The second-order valence-electron chi connectivity index (χ2n) is 5.60. The van der Waals surface area contributed by atoms with Gasteiger partial charge in [0.2, 0.25) is 0 Å². The molecule has 1 aliphatic rings. The molecule has 0 saturated heterocycles. The van der Waals surface area contributed by atoms with Crippen molar-refractivity contribution < 1.29 is 5.21 Å². The maximum atomic E-state index is 8.89. The molecule has 0 radical (unpaired) electrons. The number of thioether (sulfide) groups is 1. The number of nitrogens with one attached hydrogen (secondary N) is 1. The van der Waals surface area contributed by atoms with E-state index in [4.69, 9.17) is 15.9 Å². The standard InChI is InChI=1S/C16H20N4OS/c1-22-16(8-2-3-9-16)13-10-14(17)19-15(18-13)11-4-6-12(20-21)7-5-11/h4-7,10,20-21H,2-3,8-9H2,1H3,(H2,17,18,19). The number of nitrogens with zero attached hydrogens (tertiary/aromatic N) is 2. The van der Waals surface area contributed by atoms with Gasteiger partial charge in [0.05, 0.1) is 16.1 Å². The molecule has 5 nitrogen and oxygen atoms in total. The molecule has 1 saturated carbocycles. The molecule has 6 heteroatoms.